The Hall–Kier alpha value is -3.80. The summed E-state index contributed by atoms with van der Waals surface area (Å²) < 4.78 is 5.42. The Balaban J connectivity index is 2.73. The number of ketones is 1. The molecule has 0 atom stereocenters. The molecule has 2 rings (SSSR count). The van der Waals surface area contributed by atoms with Crippen LogP contribution in [0.4, 0.5) is 0 Å². The van der Waals surface area contributed by atoms with Crippen LogP contribution in [0, 0.1) is 0 Å². The standard InChI is InChI=1S/C30H38O11/c1-11-35-20-14-12-18(13-15-20)24(31)19-16-21(25(32)36-39-28(2,3)4)23(27(34)38-41-30(8,9)10)22(17-19)26(33)37-40-29(5,6)7/h12-17H,11H2,1-10H3. The van der Waals surface area contributed by atoms with Crippen molar-refractivity contribution >= 4 is 23.7 Å². The van der Waals surface area contributed by atoms with Crippen molar-refractivity contribution in [3.05, 3.63) is 64.2 Å². The number of hydrogen-bond acceptors (Lipinski definition) is 11. The largest absolute Gasteiger partial charge is 0.494 e. The Labute approximate surface area is 239 Å². The summed E-state index contributed by atoms with van der Waals surface area (Å²) in [5, 5.41) is 0. The maximum atomic E-state index is 13.5. The van der Waals surface area contributed by atoms with Gasteiger partial charge in [-0.1, -0.05) is 0 Å². The van der Waals surface area contributed by atoms with Crippen LogP contribution in [0.25, 0.3) is 0 Å². The highest BCUT2D eigenvalue weighted by Gasteiger charge is 2.33. The van der Waals surface area contributed by atoms with Gasteiger partial charge in [-0.15, -0.1) is 0 Å². The molecule has 41 heavy (non-hydrogen) atoms. The number of ether oxygens (including phenoxy) is 1. The molecule has 2 aromatic rings. The third kappa shape index (κ3) is 10.6. The van der Waals surface area contributed by atoms with Crippen molar-refractivity contribution in [3.8, 4) is 5.75 Å². The van der Waals surface area contributed by atoms with E-state index in [0.29, 0.717) is 12.4 Å². The van der Waals surface area contributed by atoms with Gasteiger partial charge in [-0.25, -0.2) is 14.4 Å². The van der Waals surface area contributed by atoms with Crippen LogP contribution in [-0.4, -0.2) is 47.1 Å². The Kier molecular flexibility index (Phi) is 10.8. The molecule has 224 valence electrons. The monoisotopic (exact) mass is 574 g/mol. The lowest BCUT2D eigenvalue weighted by Crippen LogP contribution is -2.28. The lowest BCUT2D eigenvalue weighted by atomic mass is 9.93. The molecule has 0 spiro atoms. The maximum absolute atomic E-state index is 13.5. The first-order valence-corrected chi connectivity index (χ1v) is 13.0. The molecule has 0 saturated heterocycles. The summed E-state index contributed by atoms with van der Waals surface area (Å²) in [6.07, 6.45) is 0. The van der Waals surface area contributed by atoms with E-state index in [0.717, 1.165) is 12.1 Å². The van der Waals surface area contributed by atoms with E-state index >= 15 is 0 Å². The predicted octanol–water partition coefficient (Wildman–Crippen LogP) is 5.98. The fourth-order valence-electron chi connectivity index (χ4n) is 2.97. The van der Waals surface area contributed by atoms with Crippen molar-refractivity contribution in [2.45, 2.75) is 86.0 Å². The molecule has 0 fully saturated rings. The smallest absolute Gasteiger partial charge is 0.374 e. The van der Waals surface area contributed by atoms with Crippen molar-refractivity contribution in [3.63, 3.8) is 0 Å². The molecular formula is C30H38O11. The third-order valence-corrected chi connectivity index (χ3v) is 4.57. The Bertz CT molecular complexity index is 1210. The molecule has 2 aromatic carbocycles. The Morgan fingerprint density at radius 2 is 0.976 bits per heavy atom. The lowest BCUT2D eigenvalue weighted by molar-refractivity contribution is -0.303. The molecule has 0 N–H and O–H groups in total. The minimum Gasteiger partial charge on any atom is -0.494 e. The molecule has 0 saturated carbocycles. The number of carbonyl (C=O) groups is 4. The number of rotatable bonds is 10. The highest BCUT2D eigenvalue weighted by atomic mass is 17.2. The van der Waals surface area contributed by atoms with E-state index in [4.69, 9.17) is 34.1 Å². The van der Waals surface area contributed by atoms with Gasteiger partial charge >= 0.3 is 17.9 Å². The van der Waals surface area contributed by atoms with E-state index in [1.165, 1.54) is 12.1 Å². The van der Waals surface area contributed by atoms with Crippen LogP contribution in [-0.2, 0) is 29.3 Å². The van der Waals surface area contributed by atoms with Crippen LogP contribution in [0.2, 0.25) is 0 Å². The fraction of sp³-hybridized carbons (Fsp3) is 0.467. The van der Waals surface area contributed by atoms with Gasteiger partial charge in [0.15, 0.2) is 5.78 Å². The fourth-order valence-corrected chi connectivity index (χ4v) is 2.97. The maximum Gasteiger partial charge on any atom is 0.374 e. The molecule has 0 radical (unpaired) electrons. The third-order valence-electron chi connectivity index (χ3n) is 4.57. The molecule has 11 heteroatoms. The zero-order chi connectivity index (χ0) is 31.2. The van der Waals surface area contributed by atoms with Crippen molar-refractivity contribution in [2.75, 3.05) is 6.61 Å². The number of hydrogen-bond donors (Lipinski definition) is 0. The highest BCUT2D eigenvalue weighted by Crippen LogP contribution is 2.26. The van der Waals surface area contributed by atoms with E-state index in [2.05, 4.69) is 0 Å². The van der Waals surface area contributed by atoms with Crippen LogP contribution in [0.5, 0.6) is 5.75 Å². The van der Waals surface area contributed by atoms with Gasteiger partial charge in [0, 0.05) is 11.1 Å². The SMILES string of the molecule is CCOc1ccc(C(=O)c2cc(C(=O)OOC(C)(C)C)c(C(=O)OOC(C)(C)C)c(C(=O)OOC(C)(C)C)c2)cc1. The normalized spacial score (nSPS) is 12.0. The average Bonchev–Trinajstić information content (AvgIpc) is 2.87. The predicted molar refractivity (Wildman–Crippen MR) is 146 cm³/mol. The van der Waals surface area contributed by atoms with Gasteiger partial charge in [-0.3, -0.25) is 19.5 Å². The van der Waals surface area contributed by atoms with E-state index < -0.39 is 57.2 Å². The quantitative estimate of drug-likeness (QED) is 0.189. The van der Waals surface area contributed by atoms with Crippen molar-refractivity contribution in [1.29, 1.82) is 0 Å². The molecule has 0 aliphatic carbocycles. The number of benzene rings is 2. The van der Waals surface area contributed by atoms with Crippen LogP contribution < -0.4 is 4.74 Å². The molecular weight excluding hydrogens is 536 g/mol. The minimum absolute atomic E-state index is 0.132. The molecule has 0 aliphatic rings. The van der Waals surface area contributed by atoms with Gasteiger partial charge in [-0.05, 0) is 106 Å². The first kappa shape index (κ1) is 33.4. The van der Waals surface area contributed by atoms with E-state index in [-0.39, 0.29) is 11.1 Å². The molecule has 0 unspecified atom stereocenters. The molecule has 0 heterocycles. The first-order chi connectivity index (χ1) is 18.8. The van der Waals surface area contributed by atoms with Gasteiger partial charge < -0.3 is 4.74 Å². The minimum atomic E-state index is -1.22. The first-order valence-electron chi connectivity index (χ1n) is 13.0. The van der Waals surface area contributed by atoms with E-state index in [9.17, 15) is 19.2 Å². The van der Waals surface area contributed by atoms with E-state index in [1.807, 2.05) is 6.92 Å². The number of carbonyl (C=O) groups excluding carboxylic acids is 4. The van der Waals surface area contributed by atoms with Crippen LogP contribution >= 0.6 is 0 Å². The van der Waals surface area contributed by atoms with Crippen LogP contribution in [0.15, 0.2) is 36.4 Å². The summed E-state index contributed by atoms with van der Waals surface area (Å²) in [4.78, 5) is 83.5. The molecule has 0 amide bonds. The summed E-state index contributed by atoms with van der Waals surface area (Å²) in [6, 6.07) is 8.45. The van der Waals surface area contributed by atoms with Crippen molar-refractivity contribution < 1.29 is 53.2 Å². The Morgan fingerprint density at radius 3 is 1.34 bits per heavy atom. The second-order valence-corrected chi connectivity index (χ2v) is 11.9. The Morgan fingerprint density at radius 1 is 0.585 bits per heavy atom. The topological polar surface area (TPSA) is 133 Å². The zero-order valence-corrected chi connectivity index (χ0v) is 25.2. The van der Waals surface area contributed by atoms with Gasteiger partial charge in [0.1, 0.15) is 22.6 Å². The zero-order valence-electron chi connectivity index (χ0n) is 25.2. The second-order valence-electron chi connectivity index (χ2n) is 11.9. The van der Waals surface area contributed by atoms with Gasteiger partial charge in [0.2, 0.25) is 0 Å². The van der Waals surface area contributed by atoms with Crippen LogP contribution in [0.3, 0.4) is 0 Å². The highest BCUT2D eigenvalue weighted by molar-refractivity contribution is 6.15. The van der Waals surface area contributed by atoms with Gasteiger partial charge in [0.25, 0.3) is 0 Å². The van der Waals surface area contributed by atoms with E-state index in [1.54, 1.807) is 74.4 Å². The lowest BCUT2D eigenvalue weighted by Gasteiger charge is -2.21. The van der Waals surface area contributed by atoms with Crippen LogP contribution in [0.1, 0.15) is 116 Å². The average molecular weight is 575 g/mol. The summed E-state index contributed by atoms with van der Waals surface area (Å²) in [6.45, 7) is 16.9. The summed E-state index contributed by atoms with van der Waals surface area (Å²) >= 11 is 0. The summed E-state index contributed by atoms with van der Waals surface area (Å²) in [5.41, 5.74) is -4.25. The van der Waals surface area contributed by atoms with Gasteiger partial charge in [0.05, 0.1) is 23.3 Å². The van der Waals surface area contributed by atoms with Crippen molar-refractivity contribution in [1.82, 2.24) is 0 Å². The summed E-state index contributed by atoms with van der Waals surface area (Å²) in [7, 11) is 0. The molecule has 0 aromatic heterocycles. The molecule has 0 bridgehead atoms. The second kappa shape index (κ2) is 13.2. The molecule has 11 nitrogen and oxygen atoms in total. The van der Waals surface area contributed by atoms with Crippen molar-refractivity contribution in [2.24, 2.45) is 0 Å². The summed E-state index contributed by atoms with van der Waals surface area (Å²) in [5.74, 6) is -3.58. The molecule has 0 aliphatic heterocycles. The van der Waals surface area contributed by atoms with Gasteiger partial charge in [-0.2, -0.15) is 14.7 Å².